The Kier molecular flexibility index (Phi) is 4.57. The Morgan fingerprint density at radius 2 is 2.12 bits per heavy atom. The number of benzene rings is 1. The molecule has 1 atom stereocenters. The van der Waals surface area contributed by atoms with Crippen LogP contribution in [0.4, 0.5) is 13.2 Å². The summed E-state index contributed by atoms with van der Waals surface area (Å²) < 4.78 is 39.7. The van der Waals surface area contributed by atoms with Gasteiger partial charge in [-0.3, -0.25) is 0 Å². The van der Waals surface area contributed by atoms with Crippen molar-refractivity contribution in [1.82, 2.24) is 0 Å². The van der Waals surface area contributed by atoms with Crippen molar-refractivity contribution >= 4 is 0 Å². The lowest BCUT2D eigenvalue weighted by Gasteiger charge is -2.11. The molecule has 1 N–H and O–H groups in total. The molecule has 0 bridgehead atoms. The van der Waals surface area contributed by atoms with Crippen molar-refractivity contribution in [1.29, 1.82) is 0 Å². The van der Waals surface area contributed by atoms with Gasteiger partial charge in [0, 0.05) is 0 Å². The van der Waals surface area contributed by atoms with Crippen LogP contribution in [0.2, 0.25) is 0 Å². The number of alkyl halides is 3. The van der Waals surface area contributed by atoms with E-state index in [4.69, 9.17) is 0 Å². The van der Waals surface area contributed by atoms with Gasteiger partial charge in [0.05, 0.1) is 6.10 Å². The molecule has 2 nitrogen and oxygen atoms in total. The van der Waals surface area contributed by atoms with E-state index in [-0.39, 0.29) is 12.2 Å². The molecule has 0 saturated carbocycles. The Hall–Kier alpha value is -1.49. The summed E-state index contributed by atoms with van der Waals surface area (Å²) in [4.78, 5) is 0. The summed E-state index contributed by atoms with van der Waals surface area (Å²) in [6, 6.07) is 5.57. The molecule has 1 aromatic carbocycles. The zero-order valence-corrected chi connectivity index (χ0v) is 9.07. The van der Waals surface area contributed by atoms with Gasteiger partial charge >= 0.3 is 6.36 Å². The standard InChI is InChI=1S/C12H13F3O2/c1-2-4-10(16)7-9-5-3-6-11(8-9)17-12(13,14)15/h2-3,5-6,8,10,16H,1,4,7H2/t10-/m1/s1. The molecule has 0 spiro atoms. The van der Waals surface area contributed by atoms with Crippen LogP contribution in [0.15, 0.2) is 36.9 Å². The van der Waals surface area contributed by atoms with Gasteiger partial charge in [-0.1, -0.05) is 18.2 Å². The molecule has 0 saturated heterocycles. The molecule has 0 unspecified atom stereocenters. The molecule has 0 aliphatic heterocycles. The van der Waals surface area contributed by atoms with E-state index in [1.54, 1.807) is 12.1 Å². The molecule has 94 valence electrons. The van der Waals surface area contributed by atoms with E-state index in [0.717, 1.165) is 0 Å². The van der Waals surface area contributed by atoms with Gasteiger partial charge in [-0.15, -0.1) is 19.8 Å². The predicted octanol–water partition coefficient (Wildman–Crippen LogP) is 3.06. The highest BCUT2D eigenvalue weighted by atomic mass is 19.4. The largest absolute Gasteiger partial charge is 0.573 e. The van der Waals surface area contributed by atoms with Crippen LogP contribution < -0.4 is 4.74 Å². The normalized spacial score (nSPS) is 13.2. The fourth-order valence-electron chi connectivity index (χ4n) is 1.42. The highest BCUT2D eigenvalue weighted by Gasteiger charge is 2.31. The number of aliphatic hydroxyl groups is 1. The molecule has 1 aromatic rings. The maximum atomic E-state index is 12.0. The molecule has 1 rings (SSSR count). The van der Waals surface area contributed by atoms with E-state index in [0.29, 0.717) is 12.0 Å². The van der Waals surface area contributed by atoms with Gasteiger partial charge in [-0.05, 0) is 30.5 Å². The Morgan fingerprint density at radius 1 is 1.41 bits per heavy atom. The summed E-state index contributed by atoms with van der Waals surface area (Å²) >= 11 is 0. The third-order valence-electron chi connectivity index (χ3n) is 2.04. The van der Waals surface area contributed by atoms with Gasteiger partial charge in [0.25, 0.3) is 0 Å². The van der Waals surface area contributed by atoms with Gasteiger partial charge in [0.1, 0.15) is 5.75 Å². The van der Waals surface area contributed by atoms with Crippen molar-refractivity contribution in [3.05, 3.63) is 42.5 Å². The first-order chi connectivity index (χ1) is 7.90. The second-order valence-electron chi connectivity index (χ2n) is 3.58. The van der Waals surface area contributed by atoms with E-state index < -0.39 is 12.5 Å². The summed E-state index contributed by atoms with van der Waals surface area (Å²) in [5.41, 5.74) is 0.584. The van der Waals surface area contributed by atoms with Crippen molar-refractivity contribution in [2.75, 3.05) is 0 Å². The van der Waals surface area contributed by atoms with E-state index in [1.165, 1.54) is 18.2 Å². The molecule has 0 aliphatic rings. The average Bonchev–Trinajstić information content (AvgIpc) is 2.15. The van der Waals surface area contributed by atoms with Crippen LogP contribution >= 0.6 is 0 Å². The summed E-state index contributed by atoms with van der Waals surface area (Å²) in [7, 11) is 0. The number of rotatable bonds is 5. The van der Waals surface area contributed by atoms with Crippen LogP contribution in [0.25, 0.3) is 0 Å². The Morgan fingerprint density at radius 3 is 2.71 bits per heavy atom. The molecule has 0 fully saturated rings. The Labute approximate surface area is 97.3 Å². The summed E-state index contributed by atoms with van der Waals surface area (Å²) in [6.07, 6.45) is -3.13. The number of hydrogen-bond acceptors (Lipinski definition) is 2. The van der Waals surface area contributed by atoms with Crippen LogP contribution in [-0.4, -0.2) is 17.6 Å². The third kappa shape index (κ3) is 5.40. The lowest BCUT2D eigenvalue weighted by Crippen LogP contribution is -2.17. The van der Waals surface area contributed by atoms with E-state index in [9.17, 15) is 18.3 Å². The van der Waals surface area contributed by atoms with Crippen LogP contribution in [0.5, 0.6) is 5.75 Å². The first-order valence-electron chi connectivity index (χ1n) is 5.04. The van der Waals surface area contributed by atoms with Crippen molar-refractivity contribution in [3.8, 4) is 5.75 Å². The minimum atomic E-state index is -4.70. The smallest absolute Gasteiger partial charge is 0.406 e. The zero-order valence-electron chi connectivity index (χ0n) is 9.07. The highest BCUT2D eigenvalue weighted by molar-refractivity contribution is 5.29. The molecule has 0 aromatic heterocycles. The lowest BCUT2D eigenvalue weighted by atomic mass is 10.1. The van der Waals surface area contributed by atoms with Gasteiger partial charge in [0.2, 0.25) is 0 Å². The second kappa shape index (κ2) is 5.72. The molecule has 0 radical (unpaired) electrons. The quantitative estimate of drug-likeness (QED) is 0.809. The molecular weight excluding hydrogens is 233 g/mol. The molecule has 17 heavy (non-hydrogen) atoms. The third-order valence-corrected chi connectivity index (χ3v) is 2.04. The first-order valence-corrected chi connectivity index (χ1v) is 5.04. The summed E-state index contributed by atoms with van der Waals surface area (Å²) in [5, 5.41) is 9.49. The van der Waals surface area contributed by atoms with Crippen molar-refractivity contribution in [3.63, 3.8) is 0 Å². The Balaban J connectivity index is 2.69. The summed E-state index contributed by atoms with van der Waals surface area (Å²) in [6.45, 7) is 3.47. The van der Waals surface area contributed by atoms with Crippen molar-refractivity contribution in [2.45, 2.75) is 25.3 Å². The van der Waals surface area contributed by atoms with Crippen LogP contribution in [0.1, 0.15) is 12.0 Å². The second-order valence-corrected chi connectivity index (χ2v) is 3.58. The maximum absolute atomic E-state index is 12.0. The minimum absolute atomic E-state index is 0.265. The average molecular weight is 246 g/mol. The summed E-state index contributed by atoms with van der Waals surface area (Å²) in [5.74, 6) is -0.277. The molecular formula is C12H13F3O2. The van der Waals surface area contributed by atoms with Crippen LogP contribution in [0, 0.1) is 0 Å². The Bertz CT molecular complexity index is 374. The van der Waals surface area contributed by atoms with Crippen molar-refractivity contribution < 1.29 is 23.0 Å². The molecule has 0 aliphatic carbocycles. The van der Waals surface area contributed by atoms with E-state index in [1.807, 2.05) is 0 Å². The van der Waals surface area contributed by atoms with Gasteiger partial charge in [-0.25, -0.2) is 0 Å². The number of ether oxygens (including phenoxy) is 1. The topological polar surface area (TPSA) is 29.5 Å². The van der Waals surface area contributed by atoms with Gasteiger partial charge < -0.3 is 9.84 Å². The molecule has 0 heterocycles. The van der Waals surface area contributed by atoms with E-state index in [2.05, 4.69) is 11.3 Å². The fraction of sp³-hybridized carbons (Fsp3) is 0.333. The van der Waals surface area contributed by atoms with Crippen LogP contribution in [0.3, 0.4) is 0 Å². The van der Waals surface area contributed by atoms with Gasteiger partial charge in [-0.2, -0.15) is 0 Å². The predicted molar refractivity (Wildman–Crippen MR) is 57.6 cm³/mol. The first kappa shape index (κ1) is 13.6. The van der Waals surface area contributed by atoms with E-state index >= 15 is 0 Å². The van der Waals surface area contributed by atoms with Gasteiger partial charge in [0.15, 0.2) is 0 Å². The lowest BCUT2D eigenvalue weighted by molar-refractivity contribution is -0.274. The zero-order chi connectivity index (χ0) is 12.9. The minimum Gasteiger partial charge on any atom is -0.406 e. The number of hydrogen-bond donors (Lipinski definition) is 1. The molecule has 0 amide bonds. The molecule has 5 heteroatoms. The fourth-order valence-corrected chi connectivity index (χ4v) is 1.42. The van der Waals surface area contributed by atoms with Crippen molar-refractivity contribution in [2.24, 2.45) is 0 Å². The SMILES string of the molecule is C=CC[C@@H](O)Cc1cccc(OC(F)(F)F)c1. The maximum Gasteiger partial charge on any atom is 0.573 e. The monoisotopic (exact) mass is 246 g/mol. The highest BCUT2D eigenvalue weighted by Crippen LogP contribution is 2.23. The van der Waals surface area contributed by atoms with Crippen LogP contribution in [-0.2, 0) is 6.42 Å². The number of aliphatic hydroxyl groups excluding tert-OH is 1. The number of halogens is 3.